The number of fused-ring (bicyclic) bond motifs is 2. The standard InChI is InChI=1S/C19H19N5O3/c25-11-17-20-18(23-27-17)14-5-6-16(22-21-14)24-9-7-19(8-10-24)12-26-15-4-2-1-3-13(15)19/h1-6,25H,7-12H2. The van der Waals surface area contributed by atoms with Gasteiger partial charge < -0.3 is 19.3 Å². The Hall–Kier alpha value is -3.00. The molecule has 2 aromatic heterocycles. The van der Waals surface area contributed by atoms with Crippen molar-refractivity contribution in [2.75, 3.05) is 24.6 Å². The van der Waals surface area contributed by atoms with E-state index in [1.165, 1.54) is 5.56 Å². The monoisotopic (exact) mass is 365 g/mol. The average Bonchev–Trinajstić information content (AvgIpc) is 3.35. The van der Waals surface area contributed by atoms with E-state index in [0.717, 1.165) is 44.1 Å². The van der Waals surface area contributed by atoms with Crippen LogP contribution in [0, 0.1) is 0 Å². The molecule has 5 rings (SSSR count). The maximum Gasteiger partial charge on any atom is 0.252 e. The van der Waals surface area contributed by atoms with Gasteiger partial charge in [-0.2, -0.15) is 4.98 Å². The summed E-state index contributed by atoms with van der Waals surface area (Å²) in [6.07, 6.45) is 2.05. The molecule has 0 radical (unpaired) electrons. The highest BCUT2D eigenvalue weighted by Gasteiger charge is 2.43. The molecule has 1 saturated heterocycles. The van der Waals surface area contributed by atoms with E-state index < -0.39 is 0 Å². The first-order valence-electron chi connectivity index (χ1n) is 9.02. The van der Waals surface area contributed by atoms with E-state index in [2.05, 4.69) is 43.4 Å². The zero-order valence-corrected chi connectivity index (χ0v) is 14.7. The number of hydrogen-bond donors (Lipinski definition) is 1. The van der Waals surface area contributed by atoms with Crippen molar-refractivity contribution in [3.8, 4) is 17.3 Å². The van der Waals surface area contributed by atoms with Crippen molar-refractivity contribution in [2.45, 2.75) is 24.9 Å². The number of para-hydroxylation sites is 1. The van der Waals surface area contributed by atoms with Crippen molar-refractivity contribution < 1.29 is 14.4 Å². The fourth-order valence-corrected chi connectivity index (χ4v) is 3.94. The van der Waals surface area contributed by atoms with Crippen LogP contribution in [0.5, 0.6) is 5.75 Å². The van der Waals surface area contributed by atoms with Crippen LogP contribution in [-0.4, -0.2) is 45.1 Å². The van der Waals surface area contributed by atoms with Gasteiger partial charge in [0.25, 0.3) is 5.89 Å². The minimum absolute atomic E-state index is 0.117. The van der Waals surface area contributed by atoms with Crippen LogP contribution >= 0.6 is 0 Å². The van der Waals surface area contributed by atoms with Crippen molar-refractivity contribution in [3.05, 3.63) is 47.9 Å². The normalized spacial score (nSPS) is 17.7. The number of aromatic nitrogens is 4. The molecule has 3 aromatic rings. The van der Waals surface area contributed by atoms with Crippen LogP contribution in [0.1, 0.15) is 24.3 Å². The summed E-state index contributed by atoms with van der Waals surface area (Å²) >= 11 is 0. The van der Waals surface area contributed by atoms with Crippen LogP contribution < -0.4 is 9.64 Å². The Morgan fingerprint density at radius 2 is 1.93 bits per heavy atom. The Morgan fingerprint density at radius 3 is 2.67 bits per heavy atom. The number of piperidine rings is 1. The average molecular weight is 365 g/mol. The topological polar surface area (TPSA) is 97.4 Å². The lowest BCUT2D eigenvalue weighted by molar-refractivity contribution is 0.222. The Bertz CT molecular complexity index is 948. The summed E-state index contributed by atoms with van der Waals surface area (Å²) in [6.45, 7) is 2.28. The van der Waals surface area contributed by atoms with E-state index in [1.54, 1.807) is 0 Å². The molecule has 0 atom stereocenters. The minimum Gasteiger partial charge on any atom is -0.492 e. The van der Waals surface area contributed by atoms with Gasteiger partial charge in [0.1, 0.15) is 18.1 Å². The van der Waals surface area contributed by atoms with E-state index in [0.29, 0.717) is 11.5 Å². The second-order valence-electron chi connectivity index (χ2n) is 7.00. The molecule has 1 aromatic carbocycles. The second-order valence-corrected chi connectivity index (χ2v) is 7.00. The molecule has 0 aliphatic carbocycles. The van der Waals surface area contributed by atoms with Crippen molar-refractivity contribution in [1.29, 1.82) is 0 Å². The Balaban J connectivity index is 1.30. The van der Waals surface area contributed by atoms with Crippen LogP contribution in [-0.2, 0) is 12.0 Å². The molecule has 138 valence electrons. The number of benzene rings is 1. The van der Waals surface area contributed by atoms with Crippen LogP contribution in [0.25, 0.3) is 11.5 Å². The van der Waals surface area contributed by atoms with Crippen LogP contribution in [0.3, 0.4) is 0 Å². The number of aliphatic hydroxyl groups is 1. The van der Waals surface area contributed by atoms with Gasteiger partial charge in [-0.3, -0.25) is 0 Å². The summed E-state index contributed by atoms with van der Waals surface area (Å²) in [5.74, 6) is 2.36. The third kappa shape index (κ3) is 2.73. The minimum atomic E-state index is -0.291. The molecule has 2 aliphatic rings. The third-order valence-electron chi connectivity index (χ3n) is 5.49. The Morgan fingerprint density at radius 1 is 1.07 bits per heavy atom. The van der Waals surface area contributed by atoms with E-state index in [4.69, 9.17) is 14.4 Å². The molecule has 27 heavy (non-hydrogen) atoms. The van der Waals surface area contributed by atoms with Crippen LogP contribution in [0.15, 0.2) is 40.9 Å². The number of aliphatic hydroxyl groups excluding tert-OH is 1. The Labute approximate surface area is 155 Å². The Kier molecular flexibility index (Phi) is 3.78. The summed E-state index contributed by atoms with van der Waals surface area (Å²) in [7, 11) is 0. The number of rotatable bonds is 3. The SMILES string of the molecule is OCc1nc(-c2ccc(N3CCC4(CC3)COc3ccccc34)nn2)no1. The zero-order chi connectivity index (χ0) is 18.3. The van der Waals surface area contributed by atoms with Gasteiger partial charge >= 0.3 is 0 Å². The second kappa shape index (κ2) is 6.31. The predicted molar refractivity (Wildman–Crippen MR) is 96.3 cm³/mol. The third-order valence-corrected chi connectivity index (χ3v) is 5.49. The highest BCUT2D eigenvalue weighted by molar-refractivity contribution is 5.51. The fourth-order valence-electron chi connectivity index (χ4n) is 3.94. The molecule has 0 amide bonds. The summed E-state index contributed by atoms with van der Waals surface area (Å²) in [5.41, 5.74) is 1.97. The lowest BCUT2D eigenvalue weighted by atomic mass is 9.74. The molecule has 1 spiro atoms. The maximum atomic E-state index is 9.01. The van der Waals surface area contributed by atoms with Gasteiger partial charge in [-0.1, -0.05) is 23.4 Å². The maximum absolute atomic E-state index is 9.01. The molecule has 8 nitrogen and oxygen atoms in total. The first-order chi connectivity index (χ1) is 13.3. The summed E-state index contributed by atoms with van der Waals surface area (Å²) < 4.78 is 10.8. The molecule has 1 N–H and O–H groups in total. The molecular formula is C19H19N5O3. The first kappa shape index (κ1) is 16.2. The van der Waals surface area contributed by atoms with Gasteiger partial charge in [0.15, 0.2) is 5.82 Å². The van der Waals surface area contributed by atoms with Gasteiger partial charge in [0.2, 0.25) is 5.82 Å². The fraction of sp³-hybridized carbons (Fsp3) is 0.368. The zero-order valence-electron chi connectivity index (χ0n) is 14.7. The number of anilines is 1. The molecule has 0 bridgehead atoms. The molecule has 2 aliphatic heterocycles. The van der Waals surface area contributed by atoms with Crippen LogP contribution in [0.2, 0.25) is 0 Å². The molecule has 0 unspecified atom stereocenters. The summed E-state index contributed by atoms with van der Waals surface area (Å²) in [4.78, 5) is 6.30. The number of nitrogens with zero attached hydrogens (tertiary/aromatic N) is 5. The van der Waals surface area contributed by atoms with Gasteiger partial charge in [0, 0.05) is 24.1 Å². The summed E-state index contributed by atoms with van der Waals surface area (Å²) in [5, 5.41) is 21.4. The van der Waals surface area contributed by atoms with Gasteiger partial charge in [-0.05, 0) is 31.0 Å². The van der Waals surface area contributed by atoms with Crippen molar-refractivity contribution in [1.82, 2.24) is 20.3 Å². The smallest absolute Gasteiger partial charge is 0.252 e. The molecule has 0 saturated carbocycles. The first-order valence-corrected chi connectivity index (χ1v) is 9.02. The number of ether oxygens (including phenoxy) is 1. The van der Waals surface area contributed by atoms with Gasteiger partial charge in [-0.25, -0.2) is 0 Å². The predicted octanol–water partition coefficient (Wildman–Crippen LogP) is 1.95. The van der Waals surface area contributed by atoms with E-state index in [1.807, 2.05) is 18.2 Å². The summed E-state index contributed by atoms with van der Waals surface area (Å²) in [6, 6.07) is 12.1. The van der Waals surface area contributed by atoms with E-state index >= 15 is 0 Å². The van der Waals surface area contributed by atoms with Gasteiger partial charge in [-0.15, -0.1) is 10.2 Å². The van der Waals surface area contributed by atoms with Gasteiger partial charge in [0.05, 0.1) is 6.61 Å². The van der Waals surface area contributed by atoms with E-state index in [9.17, 15) is 0 Å². The van der Waals surface area contributed by atoms with Crippen molar-refractivity contribution in [2.24, 2.45) is 0 Å². The molecule has 4 heterocycles. The molecule has 8 heteroatoms. The van der Waals surface area contributed by atoms with Crippen molar-refractivity contribution in [3.63, 3.8) is 0 Å². The number of hydrogen-bond acceptors (Lipinski definition) is 8. The lowest BCUT2D eigenvalue weighted by Crippen LogP contribution is -2.44. The molecular weight excluding hydrogens is 346 g/mol. The largest absolute Gasteiger partial charge is 0.492 e. The quantitative estimate of drug-likeness (QED) is 0.752. The molecule has 1 fully saturated rings. The van der Waals surface area contributed by atoms with Crippen molar-refractivity contribution >= 4 is 5.82 Å². The van der Waals surface area contributed by atoms with E-state index in [-0.39, 0.29) is 17.9 Å². The van der Waals surface area contributed by atoms with Crippen LogP contribution in [0.4, 0.5) is 5.82 Å². The highest BCUT2D eigenvalue weighted by atomic mass is 16.5. The highest BCUT2D eigenvalue weighted by Crippen LogP contribution is 2.45. The lowest BCUT2D eigenvalue weighted by Gasteiger charge is -2.38.